The maximum Gasteiger partial charge on any atom is 0.232 e. The minimum atomic E-state index is -3.53. The van der Waals surface area contributed by atoms with Crippen molar-refractivity contribution in [2.75, 3.05) is 16.3 Å². The van der Waals surface area contributed by atoms with Crippen LogP contribution in [0, 0.1) is 0 Å². The van der Waals surface area contributed by atoms with Gasteiger partial charge < -0.3 is 0 Å². The standard InChI is InChI=1S/C11H13NO4S2/c1-17(13,14)12(10-5-3-2-4-6-10)11-7-8-18(15,16)9-11/h2-8,11H,9H2,1H3/t11-/m0/s1. The van der Waals surface area contributed by atoms with Crippen molar-refractivity contribution >= 4 is 25.5 Å². The van der Waals surface area contributed by atoms with Crippen LogP contribution in [-0.4, -0.2) is 34.9 Å². The summed E-state index contributed by atoms with van der Waals surface area (Å²) in [7, 11) is -6.83. The van der Waals surface area contributed by atoms with Gasteiger partial charge in [0, 0.05) is 5.41 Å². The molecule has 2 rings (SSSR count). The molecule has 0 saturated carbocycles. The Morgan fingerprint density at radius 3 is 2.28 bits per heavy atom. The molecule has 0 fully saturated rings. The van der Waals surface area contributed by atoms with E-state index < -0.39 is 25.9 Å². The van der Waals surface area contributed by atoms with E-state index in [-0.39, 0.29) is 5.75 Å². The van der Waals surface area contributed by atoms with Gasteiger partial charge in [-0.25, -0.2) is 16.8 Å². The van der Waals surface area contributed by atoms with Gasteiger partial charge in [-0.15, -0.1) is 0 Å². The lowest BCUT2D eigenvalue weighted by Gasteiger charge is -2.27. The van der Waals surface area contributed by atoms with Crippen LogP contribution in [0.3, 0.4) is 0 Å². The molecule has 0 N–H and O–H groups in total. The van der Waals surface area contributed by atoms with Gasteiger partial charge in [0.25, 0.3) is 0 Å². The second kappa shape index (κ2) is 4.40. The van der Waals surface area contributed by atoms with Gasteiger partial charge in [-0.05, 0) is 18.2 Å². The largest absolute Gasteiger partial charge is 0.263 e. The molecule has 0 unspecified atom stereocenters. The fraction of sp³-hybridized carbons (Fsp3) is 0.273. The van der Waals surface area contributed by atoms with Gasteiger partial charge in [-0.3, -0.25) is 4.31 Å². The molecular formula is C11H13NO4S2. The zero-order valence-electron chi connectivity index (χ0n) is 9.72. The summed E-state index contributed by atoms with van der Waals surface area (Å²) in [6.45, 7) is 0. The summed E-state index contributed by atoms with van der Waals surface area (Å²) in [5.41, 5.74) is 0.465. The minimum Gasteiger partial charge on any atom is -0.263 e. The summed E-state index contributed by atoms with van der Waals surface area (Å²) in [4.78, 5) is 0. The average molecular weight is 287 g/mol. The highest BCUT2D eigenvalue weighted by Crippen LogP contribution is 2.24. The number of hydrogen-bond acceptors (Lipinski definition) is 4. The van der Waals surface area contributed by atoms with E-state index >= 15 is 0 Å². The van der Waals surface area contributed by atoms with E-state index in [1.165, 1.54) is 6.08 Å². The third kappa shape index (κ3) is 2.73. The van der Waals surface area contributed by atoms with Crippen LogP contribution in [0.25, 0.3) is 0 Å². The van der Waals surface area contributed by atoms with Crippen molar-refractivity contribution in [3.63, 3.8) is 0 Å². The van der Waals surface area contributed by atoms with Gasteiger partial charge in [0.2, 0.25) is 10.0 Å². The summed E-state index contributed by atoms with van der Waals surface area (Å²) in [6, 6.07) is 7.79. The summed E-state index contributed by atoms with van der Waals surface area (Å²) >= 11 is 0. The molecular weight excluding hydrogens is 274 g/mol. The monoisotopic (exact) mass is 287 g/mol. The number of benzene rings is 1. The van der Waals surface area contributed by atoms with Crippen molar-refractivity contribution in [3.8, 4) is 0 Å². The van der Waals surface area contributed by atoms with Gasteiger partial charge in [0.05, 0.1) is 23.7 Å². The van der Waals surface area contributed by atoms with E-state index in [0.717, 1.165) is 16.0 Å². The van der Waals surface area contributed by atoms with Crippen molar-refractivity contribution in [1.82, 2.24) is 0 Å². The lowest BCUT2D eigenvalue weighted by atomic mass is 10.2. The number of sulfonamides is 1. The lowest BCUT2D eigenvalue weighted by molar-refractivity contribution is 0.591. The first-order valence-electron chi connectivity index (χ1n) is 5.25. The molecule has 0 aromatic heterocycles. The Balaban J connectivity index is 2.44. The normalized spacial score (nSPS) is 21.9. The predicted molar refractivity (Wildman–Crippen MR) is 70.5 cm³/mol. The molecule has 0 bridgehead atoms. The van der Waals surface area contributed by atoms with Crippen LogP contribution in [0.4, 0.5) is 5.69 Å². The Morgan fingerprint density at radius 1 is 1.22 bits per heavy atom. The summed E-state index contributed by atoms with van der Waals surface area (Å²) in [5.74, 6) is -0.213. The number of para-hydroxylation sites is 1. The summed E-state index contributed by atoms with van der Waals surface area (Å²) in [6.07, 6.45) is 2.47. The molecule has 1 aliphatic heterocycles. The second-order valence-corrected chi connectivity index (χ2v) is 7.91. The number of sulfone groups is 1. The molecule has 0 spiro atoms. The number of anilines is 1. The van der Waals surface area contributed by atoms with Crippen LogP contribution in [0.5, 0.6) is 0 Å². The first-order valence-corrected chi connectivity index (χ1v) is 8.81. The molecule has 1 aromatic carbocycles. The molecule has 0 aliphatic carbocycles. The van der Waals surface area contributed by atoms with Crippen LogP contribution in [-0.2, 0) is 19.9 Å². The molecule has 1 heterocycles. The van der Waals surface area contributed by atoms with Crippen LogP contribution in [0.2, 0.25) is 0 Å². The average Bonchev–Trinajstić information content (AvgIpc) is 2.58. The lowest BCUT2D eigenvalue weighted by Crippen LogP contribution is -2.40. The van der Waals surface area contributed by atoms with Gasteiger partial charge in [0.15, 0.2) is 9.84 Å². The molecule has 1 aliphatic rings. The van der Waals surface area contributed by atoms with E-state index in [4.69, 9.17) is 0 Å². The smallest absolute Gasteiger partial charge is 0.232 e. The highest BCUT2D eigenvalue weighted by molar-refractivity contribution is 7.95. The molecule has 1 aromatic rings. The highest BCUT2D eigenvalue weighted by atomic mass is 32.2. The van der Waals surface area contributed by atoms with Crippen molar-refractivity contribution in [1.29, 1.82) is 0 Å². The van der Waals surface area contributed by atoms with Gasteiger partial charge in [-0.1, -0.05) is 18.2 Å². The quantitative estimate of drug-likeness (QED) is 0.823. The molecule has 0 radical (unpaired) electrons. The minimum absolute atomic E-state index is 0.213. The van der Waals surface area contributed by atoms with Gasteiger partial charge >= 0.3 is 0 Å². The molecule has 0 amide bonds. The third-order valence-corrected chi connectivity index (χ3v) is 5.15. The van der Waals surface area contributed by atoms with Crippen LogP contribution < -0.4 is 4.31 Å². The Bertz CT molecular complexity index is 662. The van der Waals surface area contributed by atoms with E-state index in [2.05, 4.69) is 0 Å². The van der Waals surface area contributed by atoms with E-state index in [9.17, 15) is 16.8 Å². The summed E-state index contributed by atoms with van der Waals surface area (Å²) < 4.78 is 47.6. The second-order valence-electron chi connectivity index (χ2n) is 4.12. The van der Waals surface area contributed by atoms with Crippen molar-refractivity contribution < 1.29 is 16.8 Å². The number of hydrogen-bond donors (Lipinski definition) is 0. The Labute approximate surface area is 107 Å². The van der Waals surface area contributed by atoms with Crippen molar-refractivity contribution in [2.24, 2.45) is 0 Å². The zero-order valence-corrected chi connectivity index (χ0v) is 11.4. The fourth-order valence-electron chi connectivity index (χ4n) is 1.91. The molecule has 1 atom stereocenters. The zero-order chi connectivity index (χ0) is 13.4. The maximum absolute atomic E-state index is 11.8. The number of nitrogens with zero attached hydrogens (tertiary/aromatic N) is 1. The Kier molecular flexibility index (Phi) is 3.20. The van der Waals surface area contributed by atoms with Crippen LogP contribution in [0.15, 0.2) is 41.8 Å². The first kappa shape index (κ1) is 13.1. The van der Waals surface area contributed by atoms with E-state index in [1.807, 2.05) is 0 Å². The summed E-state index contributed by atoms with van der Waals surface area (Å²) in [5, 5.41) is 1.07. The van der Waals surface area contributed by atoms with Crippen LogP contribution >= 0.6 is 0 Å². The topological polar surface area (TPSA) is 71.5 Å². The Hall–Kier alpha value is -1.34. The molecule has 5 nitrogen and oxygen atoms in total. The van der Waals surface area contributed by atoms with E-state index in [1.54, 1.807) is 30.3 Å². The fourth-order valence-corrected chi connectivity index (χ4v) is 4.41. The number of rotatable bonds is 3. The Morgan fingerprint density at radius 2 is 1.83 bits per heavy atom. The third-order valence-electron chi connectivity index (χ3n) is 2.58. The maximum atomic E-state index is 11.8. The van der Waals surface area contributed by atoms with E-state index in [0.29, 0.717) is 5.69 Å². The molecule has 98 valence electrons. The molecule has 18 heavy (non-hydrogen) atoms. The van der Waals surface area contributed by atoms with Crippen molar-refractivity contribution in [2.45, 2.75) is 6.04 Å². The van der Waals surface area contributed by atoms with Crippen molar-refractivity contribution in [3.05, 3.63) is 41.8 Å². The van der Waals surface area contributed by atoms with Gasteiger partial charge in [-0.2, -0.15) is 0 Å². The first-order chi connectivity index (χ1) is 8.30. The SMILES string of the molecule is CS(=O)(=O)N(c1ccccc1)[C@H]1C=CS(=O)(=O)C1. The highest BCUT2D eigenvalue weighted by Gasteiger charge is 2.32. The van der Waals surface area contributed by atoms with Gasteiger partial charge in [0.1, 0.15) is 0 Å². The van der Waals surface area contributed by atoms with Crippen LogP contribution in [0.1, 0.15) is 0 Å². The predicted octanol–water partition coefficient (Wildman–Crippen LogP) is 0.763. The molecule has 7 heteroatoms. The molecule has 0 saturated heterocycles.